The number of nitrogens with zero attached hydrogens (tertiary/aromatic N) is 1. The molecule has 1 fully saturated rings. The Hall–Kier alpha value is -0.450. The zero-order valence-electron chi connectivity index (χ0n) is 10.0. The molecule has 0 amide bonds. The van der Waals surface area contributed by atoms with Crippen LogP contribution in [-0.2, 0) is 11.2 Å². The van der Waals surface area contributed by atoms with Crippen LogP contribution in [-0.4, -0.2) is 25.2 Å². The van der Waals surface area contributed by atoms with E-state index >= 15 is 0 Å². The molecule has 0 radical (unpaired) electrons. The maximum Gasteiger partial charge on any atom is 0.0931 e. The number of aromatic nitrogens is 1. The minimum Gasteiger partial charge on any atom is -0.381 e. The first kappa shape index (κ1) is 12.0. The summed E-state index contributed by atoms with van der Waals surface area (Å²) in [5.41, 5.74) is 0. The van der Waals surface area contributed by atoms with Gasteiger partial charge in [-0.1, -0.05) is 0 Å². The first-order chi connectivity index (χ1) is 7.79. The number of hydrogen-bond acceptors (Lipinski definition) is 4. The molecule has 1 saturated heterocycles. The monoisotopic (exact) mass is 240 g/mol. The van der Waals surface area contributed by atoms with Crippen LogP contribution < -0.4 is 5.32 Å². The lowest BCUT2D eigenvalue weighted by Crippen LogP contribution is -2.17. The third kappa shape index (κ3) is 3.03. The number of hydrogen-bond donors (Lipinski definition) is 1. The van der Waals surface area contributed by atoms with Crippen LogP contribution in [0.4, 0.5) is 0 Å². The fourth-order valence-electron chi connectivity index (χ4n) is 1.96. The van der Waals surface area contributed by atoms with Gasteiger partial charge in [-0.25, -0.2) is 4.98 Å². The van der Waals surface area contributed by atoms with Crippen molar-refractivity contribution in [2.45, 2.75) is 32.2 Å². The maximum absolute atomic E-state index is 5.37. The van der Waals surface area contributed by atoms with Crippen molar-refractivity contribution in [2.75, 3.05) is 20.3 Å². The summed E-state index contributed by atoms with van der Waals surface area (Å²) in [6.45, 7) is 4.03. The molecule has 3 nitrogen and oxygen atoms in total. The van der Waals surface area contributed by atoms with Crippen molar-refractivity contribution in [3.63, 3.8) is 0 Å². The van der Waals surface area contributed by atoms with Crippen LogP contribution in [0.5, 0.6) is 0 Å². The Balaban J connectivity index is 1.91. The molecular formula is C12H20N2OS. The average molecular weight is 240 g/mol. The fourth-order valence-corrected chi connectivity index (χ4v) is 3.06. The van der Waals surface area contributed by atoms with Gasteiger partial charge in [-0.3, -0.25) is 0 Å². The van der Waals surface area contributed by atoms with E-state index in [1.54, 1.807) is 0 Å². The highest BCUT2D eigenvalue weighted by Crippen LogP contribution is 2.25. The molecule has 1 N–H and O–H groups in total. The van der Waals surface area contributed by atoms with E-state index < -0.39 is 0 Å². The van der Waals surface area contributed by atoms with E-state index in [1.807, 2.05) is 24.6 Å². The minimum atomic E-state index is 0.418. The smallest absolute Gasteiger partial charge is 0.0931 e. The van der Waals surface area contributed by atoms with Gasteiger partial charge in [0.15, 0.2) is 0 Å². The molecule has 1 aromatic rings. The third-order valence-electron chi connectivity index (χ3n) is 3.24. The highest BCUT2D eigenvalue weighted by atomic mass is 32.1. The van der Waals surface area contributed by atoms with Gasteiger partial charge in [0.1, 0.15) is 0 Å². The lowest BCUT2D eigenvalue weighted by Gasteiger charge is -2.20. The molecule has 0 bridgehead atoms. The number of ether oxygens (including phenoxy) is 1. The highest BCUT2D eigenvalue weighted by molar-refractivity contribution is 7.11. The molecule has 16 heavy (non-hydrogen) atoms. The van der Waals surface area contributed by atoms with Crippen molar-refractivity contribution in [3.05, 3.63) is 16.1 Å². The van der Waals surface area contributed by atoms with E-state index in [0.29, 0.717) is 6.04 Å². The van der Waals surface area contributed by atoms with E-state index in [2.05, 4.69) is 17.2 Å². The first-order valence-electron chi connectivity index (χ1n) is 5.99. The van der Waals surface area contributed by atoms with Crippen LogP contribution in [0.2, 0.25) is 0 Å². The molecule has 1 aromatic heterocycles. The highest BCUT2D eigenvalue weighted by Gasteiger charge is 2.16. The Bertz CT molecular complexity index is 321. The molecular weight excluding hydrogens is 220 g/mol. The number of nitrogens with one attached hydrogen (secondary N) is 1. The zero-order chi connectivity index (χ0) is 11.4. The topological polar surface area (TPSA) is 34.2 Å². The molecule has 1 aliphatic rings. The molecule has 0 aromatic carbocycles. The molecule has 2 rings (SSSR count). The van der Waals surface area contributed by atoms with Crippen molar-refractivity contribution in [1.82, 2.24) is 10.3 Å². The van der Waals surface area contributed by atoms with E-state index in [0.717, 1.165) is 25.6 Å². The van der Waals surface area contributed by atoms with E-state index in [-0.39, 0.29) is 0 Å². The summed E-state index contributed by atoms with van der Waals surface area (Å²) >= 11 is 1.84. The van der Waals surface area contributed by atoms with Crippen LogP contribution >= 0.6 is 11.3 Å². The number of rotatable bonds is 4. The Morgan fingerprint density at radius 3 is 3.00 bits per heavy atom. The Morgan fingerprint density at radius 2 is 2.31 bits per heavy atom. The van der Waals surface area contributed by atoms with Crippen LogP contribution in [0, 0.1) is 5.92 Å². The van der Waals surface area contributed by atoms with Crippen LogP contribution in [0.1, 0.15) is 35.7 Å². The van der Waals surface area contributed by atoms with Gasteiger partial charge >= 0.3 is 0 Å². The lowest BCUT2D eigenvalue weighted by atomic mass is 9.97. The Kier molecular flexibility index (Phi) is 4.32. The zero-order valence-corrected chi connectivity index (χ0v) is 10.8. The van der Waals surface area contributed by atoms with Crippen molar-refractivity contribution in [1.29, 1.82) is 0 Å². The van der Waals surface area contributed by atoms with Crippen molar-refractivity contribution >= 4 is 11.3 Å². The molecule has 1 unspecified atom stereocenters. The molecule has 4 heteroatoms. The van der Waals surface area contributed by atoms with Gasteiger partial charge in [-0.15, -0.1) is 11.3 Å². The van der Waals surface area contributed by atoms with Gasteiger partial charge in [-0.05, 0) is 32.7 Å². The second-order valence-electron chi connectivity index (χ2n) is 4.43. The van der Waals surface area contributed by atoms with Crippen molar-refractivity contribution in [2.24, 2.45) is 5.92 Å². The summed E-state index contributed by atoms with van der Waals surface area (Å²) in [4.78, 5) is 5.85. The van der Waals surface area contributed by atoms with Gasteiger partial charge in [0.25, 0.3) is 0 Å². The second kappa shape index (κ2) is 5.75. The predicted molar refractivity (Wildman–Crippen MR) is 66.8 cm³/mol. The third-order valence-corrected chi connectivity index (χ3v) is 4.44. The SMILES string of the molecule is CNC(C)c1cnc(CC2CCOCC2)s1. The second-order valence-corrected chi connectivity index (χ2v) is 5.57. The predicted octanol–water partition coefficient (Wildman–Crippen LogP) is 2.39. The Morgan fingerprint density at radius 1 is 1.56 bits per heavy atom. The quantitative estimate of drug-likeness (QED) is 0.877. The maximum atomic E-state index is 5.37. The minimum absolute atomic E-state index is 0.418. The molecule has 2 heterocycles. The summed E-state index contributed by atoms with van der Waals surface area (Å²) in [6, 6.07) is 0.418. The van der Waals surface area contributed by atoms with Crippen LogP contribution in [0.25, 0.3) is 0 Å². The van der Waals surface area contributed by atoms with E-state index in [4.69, 9.17) is 4.74 Å². The molecule has 0 saturated carbocycles. The standard InChI is InChI=1S/C12H20N2OS/c1-9(13-2)11-8-14-12(16-11)7-10-3-5-15-6-4-10/h8-10,13H,3-7H2,1-2H3. The van der Waals surface area contributed by atoms with Crippen LogP contribution in [0.15, 0.2) is 6.20 Å². The van der Waals surface area contributed by atoms with Gasteiger partial charge < -0.3 is 10.1 Å². The van der Waals surface area contributed by atoms with Crippen LogP contribution in [0.3, 0.4) is 0 Å². The van der Waals surface area contributed by atoms with Crippen molar-refractivity contribution in [3.8, 4) is 0 Å². The van der Waals surface area contributed by atoms with Gasteiger partial charge in [0.05, 0.1) is 5.01 Å². The van der Waals surface area contributed by atoms with Gasteiger partial charge in [0, 0.05) is 36.8 Å². The van der Waals surface area contributed by atoms with E-state index in [9.17, 15) is 0 Å². The Labute approximate surface area is 101 Å². The van der Waals surface area contributed by atoms with Gasteiger partial charge in [-0.2, -0.15) is 0 Å². The molecule has 1 aliphatic heterocycles. The average Bonchev–Trinajstić information content (AvgIpc) is 2.78. The normalized spacial score (nSPS) is 19.9. The largest absolute Gasteiger partial charge is 0.381 e. The summed E-state index contributed by atoms with van der Waals surface area (Å²) in [7, 11) is 1.99. The molecule has 1 atom stereocenters. The van der Waals surface area contributed by atoms with Crippen molar-refractivity contribution < 1.29 is 4.74 Å². The summed E-state index contributed by atoms with van der Waals surface area (Å²) < 4.78 is 5.37. The summed E-state index contributed by atoms with van der Waals surface area (Å²) in [5.74, 6) is 0.776. The number of thiazole rings is 1. The lowest BCUT2D eigenvalue weighted by molar-refractivity contribution is 0.0665. The molecule has 0 aliphatic carbocycles. The molecule has 90 valence electrons. The summed E-state index contributed by atoms with van der Waals surface area (Å²) in [6.07, 6.45) is 5.53. The summed E-state index contributed by atoms with van der Waals surface area (Å²) in [5, 5.41) is 4.53. The molecule has 0 spiro atoms. The first-order valence-corrected chi connectivity index (χ1v) is 6.81. The fraction of sp³-hybridized carbons (Fsp3) is 0.750. The van der Waals surface area contributed by atoms with Gasteiger partial charge in [0.2, 0.25) is 0 Å². The van der Waals surface area contributed by atoms with E-state index in [1.165, 1.54) is 22.7 Å².